The molecule has 13 heteroatoms. The Kier molecular flexibility index (Phi) is 9.94. The van der Waals surface area contributed by atoms with Crippen LogP contribution in [-0.4, -0.2) is 50.9 Å². The Morgan fingerprint density at radius 2 is 1.40 bits per heavy atom. The van der Waals surface area contributed by atoms with E-state index in [1.807, 2.05) is 0 Å². The number of aromatic nitrogens is 2. The van der Waals surface area contributed by atoms with Gasteiger partial charge in [0.15, 0.2) is 5.82 Å². The summed E-state index contributed by atoms with van der Waals surface area (Å²) in [5.41, 5.74) is -2.22. The van der Waals surface area contributed by atoms with Crippen molar-refractivity contribution in [3.8, 4) is 0 Å². The van der Waals surface area contributed by atoms with Crippen molar-refractivity contribution < 1.29 is 35.9 Å². The molecule has 3 rings (SSSR count). The monoisotopic (exact) mass is 633 g/mol. The highest BCUT2D eigenvalue weighted by atomic mass is 32.2. The lowest BCUT2D eigenvalue weighted by Crippen LogP contribution is -2.60. The average molecular weight is 634 g/mol. The molecule has 43 heavy (non-hydrogen) atoms. The van der Waals surface area contributed by atoms with Crippen LogP contribution in [0.5, 0.6) is 0 Å². The van der Waals surface area contributed by atoms with Crippen molar-refractivity contribution in [3.63, 3.8) is 0 Å². The summed E-state index contributed by atoms with van der Waals surface area (Å²) in [4.78, 5) is 31.5. The molecule has 0 aliphatic heterocycles. The normalized spacial score (nSPS) is 14.6. The van der Waals surface area contributed by atoms with Crippen molar-refractivity contribution in [1.82, 2.24) is 13.7 Å². The van der Waals surface area contributed by atoms with Gasteiger partial charge in [-0.3, -0.25) is 4.79 Å². The van der Waals surface area contributed by atoms with Crippen molar-refractivity contribution in [2.75, 3.05) is 7.11 Å². The fraction of sp³-hybridized carbons (Fsp3) is 0.433. The summed E-state index contributed by atoms with van der Waals surface area (Å²) < 4.78 is 69.7. The molecular formula is C30H39N3O8S2. The first-order valence-corrected chi connectivity index (χ1v) is 16.6. The van der Waals surface area contributed by atoms with E-state index in [1.165, 1.54) is 24.3 Å². The molecule has 0 saturated carbocycles. The second-order valence-corrected chi connectivity index (χ2v) is 15.4. The molecule has 0 aliphatic rings. The molecule has 2 atom stereocenters. The van der Waals surface area contributed by atoms with Crippen LogP contribution >= 0.6 is 0 Å². The minimum Gasteiger partial charge on any atom is -0.466 e. The lowest BCUT2D eigenvalue weighted by molar-refractivity contribution is -0.194. The SMILES string of the molecule is COC(=O)[C@](OC(=O)C(C)(C)C)(c1nccn1S(=O)(=O)c1ccc(C)cc1)[C@H](CC(C)C)NS(=O)(=O)c1ccc(C)cc1. The van der Waals surface area contributed by atoms with Crippen molar-refractivity contribution in [2.45, 2.75) is 76.3 Å². The first-order valence-electron chi connectivity index (χ1n) is 13.6. The van der Waals surface area contributed by atoms with Gasteiger partial charge in [0.25, 0.3) is 15.6 Å². The van der Waals surface area contributed by atoms with Crippen LogP contribution in [0.1, 0.15) is 58.0 Å². The number of sulfonamides is 1. The summed E-state index contributed by atoms with van der Waals surface area (Å²) in [6.45, 7) is 11.8. The number of carbonyl (C=O) groups excluding carboxylic acids is 2. The average Bonchev–Trinajstić information content (AvgIpc) is 3.42. The summed E-state index contributed by atoms with van der Waals surface area (Å²) >= 11 is 0. The van der Waals surface area contributed by atoms with Crippen LogP contribution in [0.2, 0.25) is 0 Å². The first-order chi connectivity index (χ1) is 19.9. The molecule has 0 spiro atoms. The topological polar surface area (TPSA) is 151 Å². The number of nitrogens with one attached hydrogen (secondary N) is 1. The number of hydrogen-bond acceptors (Lipinski definition) is 9. The van der Waals surface area contributed by atoms with Crippen LogP contribution in [0.4, 0.5) is 0 Å². The molecule has 0 unspecified atom stereocenters. The maximum Gasteiger partial charge on any atom is 0.360 e. The number of aryl methyl sites for hydroxylation is 2. The van der Waals surface area contributed by atoms with Crippen molar-refractivity contribution >= 4 is 32.0 Å². The van der Waals surface area contributed by atoms with Gasteiger partial charge in [-0.25, -0.2) is 35.3 Å². The van der Waals surface area contributed by atoms with Gasteiger partial charge in [0.2, 0.25) is 10.0 Å². The largest absolute Gasteiger partial charge is 0.466 e. The van der Waals surface area contributed by atoms with Crippen molar-refractivity contribution in [1.29, 1.82) is 0 Å². The Balaban J connectivity index is 2.39. The predicted octanol–water partition coefficient (Wildman–Crippen LogP) is 4.09. The molecule has 0 bridgehead atoms. The maximum absolute atomic E-state index is 14.0. The molecule has 0 amide bonds. The van der Waals surface area contributed by atoms with Crippen molar-refractivity contribution in [3.05, 3.63) is 77.9 Å². The van der Waals surface area contributed by atoms with Crippen LogP contribution in [0.15, 0.2) is 70.7 Å². The van der Waals surface area contributed by atoms with Crippen molar-refractivity contribution in [2.24, 2.45) is 11.3 Å². The summed E-state index contributed by atoms with van der Waals surface area (Å²) in [7, 11) is -7.74. The second kappa shape index (κ2) is 12.6. The van der Waals surface area contributed by atoms with Gasteiger partial charge in [-0.15, -0.1) is 0 Å². The number of imidazole rings is 1. The number of esters is 2. The molecule has 1 aromatic heterocycles. The third kappa shape index (κ3) is 7.16. The van der Waals surface area contributed by atoms with E-state index in [2.05, 4.69) is 9.71 Å². The summed E-state index contributed by atoms with van der Waals surface area (Å²) in [6, 6.07) is 10.5. The zero-order valence-electron chi connectivity index (χ0n) is 25.6. The molecule has 0 fully saturated rings. The Morgan fingerprint density at radius 1 is 0.884 bits per heavy atom. The number of ether oxygens (including phenoxy) is 2. The van der Waals surface area contributed by atoms with Gasteiger partial charge in [0.05, 0.1) is 28.4 Å². The summed E-state index contributed by atoms with van der Waals surface area (Å²) in [6.07, 6.45) is 2.16. The third-order valence-corrected chi connectivity index (χ3v) is 9.87. The van der Waals surface area contributed by atoms with Crippen LogP contribution in [-0.2, 0) is 44.7 Å². The minimum atomic E-state index is -4.42. The third-order valence-electron chi connectivity index (χ3n) is 6.70. The Morgan fingerprint density at radius 3 is 1.86 bits per heavy atom. The molecule has 234 valence electrons. The number of carbonyl (C=O) groups is 2. The van der Waals surface area contributed by atoms with Gasteiger partial charge in [-0.1, -0.05) is 49.2 Å². The fourth-order valence-corrected chi connectivity index (χ4v) is 6.91. The van der Waals surface area contributed by atoms with Crippen LogP contribution in [0, 0.1) is 25.2 Å². The first kappa shape index (κ1) is 33.9. The van der Waals surface area contributed by atoms with Gasteiger partial charge in [0.1, 0.15) is 0 Å². The molecule has 0 aliphatic carbocycles. The van der Waals surface area contributed by atoms with Crippen LogP contribution < -0.4 is 4.72 Å². The molecular weight excluding hydrogens is 594 g/mol. The predicted molar refractivity (Wildman–Crippen MR) is 160 cm³/mol. The fourth-order valence-electron chi connectivity index (χ4n) is 4.31. The standard InChI is InChI=1S/C30H39N3O8S2/c1-20(2)19-25(32-42(36,37)23-13-9-21(3)10-14-23)30(28(35)40-8,41-27(34)29(5,6)7)26-31-17-18-33(26)43(38,39)24-15-11-22(4)12-16-24/h9-18,20,25,32H,19H2,1-8H3/t25-,30+/m0/s1. The van der Waals surface area contributed by atoms with E-state index in [-0.39, 0.29) is 22.1 Å². The lowest BCUT2D eigenvalue weighted by atomic mass is 9.86. The smallest absolute Gasteiger partial charge is 0.360 e. The lowest BCUT2D eigenvalue weighted by Gasteiger charge is -2.39. The highest BCUT2D eigenvalue weighted by molar-refractivity contribution is 7.90. The number of nitrogens with zero attached hydrogens (tertiary/aromatic N) is 2. The van der Waals surface area contributed by atoms with E-state index in [9.17, 15) is 26.4 Å². The highest BCUT2D eigenvalue weighted by Gasteiger charge is 2.58. The molecule has 1 heterocycles. The summed E-state index contributed by atoms with van der Waals surface area (Å²) in [5.74, 6) is -2.95. The zero-order valence-corrected chi connectivity index (χ0v) is 27.2. The maximum atomic E-state index is 14.0. The van der Waals surface area contributed by atoms with E-state index in [1.54, 1.807) is 72.7 Å². The van der Waals surface area contributed by atoms with Gasteiger partial charge in [-0.2, -0.15) is 0 Å². The van der Waals surface area contributed by atoms with E-state index in [0.717, 1.165) is 34.6 Å². The number of methoxy groups -OCH3 is 1. The van der Waals surface area contributed by atoms with E-state index in [0.29, 0.717) is 0 Å². The van der Waals surface area contributed by atoms with Gasteiger partial charge < -0.3 is 9.47 Å². The molecule has 11 nitrogen and oxygen atoms in total. The number of rotatable bonds is 11. The highest BCUT2D eigenvalue weighted by Crippen LogP contribution is 2.38. The van der Waals surface area contributed by atoms with E-state index in [4.69, 9.17) is 9.47 Å². The Bertz CT molecular complexity index is 1670. The van der Waals surface area contributed by atoms with E-state index < -0.39 is 54.9 Å². The second-order valence-electron chi connectivity index (χ2n) is 11.8. The Labute approximate surface area is 253 Å². The molecule has 3 aromatic rings. The number of benzene rings is 2. The van der Waals surface area contributed by atoms with Crippen LogP contribution in [0.25, 0.3) is 0 Å². The molecule has 0 saturated heterocycles. The van der Waals surface area contributed by atoms with Crippen LogP contribution in [0.3, 0.4) is 0 Å². The number of hydrogen-bond donors (Lipinski definition) is 1. The molecule has 0 radical (unpaired) electrons. The zero-order chi connectivity index (χ0) is 32.4. The van der Waals surface area contributed by atoms with Gasteiger partial charge in [0, 0.05) is 12.4 Å². The Hall–Kier alpha value is -3.55. The van der Waals surface area contributed by atoms with E-state index >= 15 is 0 Å². The minimum absolute atomic E-state index is 0.0744. The molecule has 2 aromatic carbocycles. The molecule has 1 N–H and O–H groups in total. The summed E-state index contributed by atoms with van der Waals surface area (Å²) in [5, 5.41) is 0. The van der Waals surface area contributed by atoms with Gasteiger partial charge in [-0.05, 0) is 71.2 Å². The quantitative estimate of drug-likeness (QED) is 0.308. The van der Waals surface area contributed by atoms with Gasteiger partial charge >= 0.3 is 11.9 Å².